The van der Waals surface area contributed by atoms with Gasteiger partial charge >= 0.3 is 0 Å². The van der Waals surface area contributed by atoms with E-state index in [1.165, 1.54) is 0 Å². The SMILES string of the molecule is CC(C)(C)N1CCCN(C(=O)C2=NO[C@H](c3ccccc3)C2)CC1. The Labute approximate surface area is 144 Å². The fourth-order valence-corrected chi connectivity index (χ4v) is 3.32. The summed E-state index contributed by atoms with van der Waals surface area (Å²) in [5.74, 6) is 0.0317. The van der Waals surface area contributed by atoms with Crippen molar-refractivity contribution in [2.45, 2.75) is 45.3 Å². The molecule has 3 rings (SSSR count). The smallest absolute Gasteiger partial charge is 0.271 e. The summed E-state index contributed by atoms with van der Waals surface area (Å²) < 4.78 is 0. The number of rotatable bonds is 2. The van der Waals surface area contributed by atoms with Crippen molar-refractivity contribution in [2.24, 2.45) is 5.16 Å². The largest absolute Gasteiger partial charge is 0.387 e. The first-order valence-corrected chi connectivity index (χ1v) is 8.77. The van der Waals surface area contributed by atoms with Crippen molar-refractivity contribution in [1.82, 2.24) is 9.80 Å². The van der Waals surface area contributed by atoms with E-state index >= 15 is 0 Å². The normalized spacial score (nSPS) is 22.7. The highest BCUT2D eigenvalue weighted by Gasteiger charge is 2.32. The van der Waals surface area contributed by atoms with Gasteiger partial charge in [0, 0.05) is 38.1 Å². The predicted molar refractivity (Wildman–Crippen MR) is 94.8 cm³/mol. The van der Waals surface area contributed by atoms with Gasteiger partial charge in [0.15, 0.2) is 6.10 Å². The molecule has 2 aliphatic rings. The molecule has 1 aromatic carbocycles. The highest BCUT2D eigenvalue weighted by Crippen LogP contribution is 2.27. The summed E-state index contributed by atoms with van der Waals surface area (Å²) in [4.78, 5) is 22.7. The summed E-state index contributed by atoms with van der Waals surface area (Å²) >= 11 is 0. The van der Waals surface area contributed by atoms with Crippen LogP contribution in [0.3, 0.4) is 0 Å². The molecule has 1 fully saturated rings. The number of carbonyl (C=O) groups excluding carboxylic acids is 1. The van der Waals surface area contributed by atoms with Gasteiger partial charge in [0.05, 0.1) is 0 Å². The summed E-state index contributed by atoms with van der Waals surface area (Å²) in [7, 11) is 0. The second kappa shape index (κ2) is 6.93. The van der Waals surface area contributed by atoms with Crippen LogP contribution in [-0.2, 0) is 9.63 Å². The van der Waals surface area contributed by atoms with Gasteiger partial charge in [0.25, 0.3) is 5.91 Å². The Bertz CT molecular complexity index is 607. The summed E-state index contributed by atoms with van der Waals surface area (Å²) in [5, 5.41) is 4.08. The Balaban J connectivity index is 1.59. The van der Waals surface area contributed by atoms with Crippen molar-refractivity contribution in [3.8, 4) is 0 Å². The Morgan fingerprint density at radius 3 is 2.58 bits per heavy atom. The average molecular weight is 329 g/mol. The molecule has 2 heterocycles. The average Bonchev–Trinajstić information content (AvgIpc) is 2.91. The maximum Gasteiger partial charge on any atom is 0.271 e. The zero-order valence-electron chi connectivity index (χ0n) is 14.9. The number of nitrogens with zero attached hydrogens (tertiary/aromatic N) is 3. The summed E-state index contributed by atoms with van der Waals surface area (Å²) in [5.41, 5.74) is 1.76. The molecule has 0 unspecified atom stereocenters. The highest BCUT2D eigenvalue weighted by atomic mass is 16.6. The van der Waals surface area contributed by atoms with E-state index in [0.29, 0.717) is 12.1 Å². The molecule has 0 bridgehead atoms. The van der Waals surface area contributed by atoms with Crippen molar-refractivity contribution >= 4 is 11.6 Å². The number of amides is 1. The lowest BCUT2D eigenvalue weighted by Gasteiger charge is -2.34. The van der Waals surface area contributed by atoms with Gasteiger partial charge in [-0.15, -0.1) is 0 Å². The number of hydrogen-bond acceptors (Lipinski definition) is 4. The minimum absolute atomic E-state index is 0.0317. The van der Waals surface area contributed by atoms with Crippen LogP contribution in [0.1, 0.15) is 45.3 Å². The highest BCUT2D eigenvalue weighted by molar-refractivity contribution is 6.39. The molecule has 0 radical (unpaired) electrons. The van der Waals surface area contributed by atoms with Gasteiger partial charge in [-0.3, -0.25) is 9.69 Å². The van der Waals surface area contributed by atoms with Gasteiger partial charge in [-0.1, -0.05) is 35.5 Å². The molecule has 130 valence electrons. The fraction of sp³-hybridized carbons (Fsp3) is 0.579. The summed E-state index contributed by atoms with van der Waals surface area (Å²) in [6, 6.07) is 9.97. The fourth-order valence-electron chi connectivity index (χ4n) is 3.32. The van der Waals surface area contributed by atoms with E-state index in [-0.39, 0.29) is 17.6 Å². The topological polar surface area (TPSA) is 45.1 Å². The van der Waals surface area contributed by atoms with Gasteiger partial charge in [-0.2, -0.15) is 0 Å². The van der Waals surface area contributed by atoms with Crippen LogP contribution in [0.4, 0.5) is 0 Å². The lowest BCUT2D eigenvalue weighted by atomic mass is 10.0. The molecule has 0 spiro atoms. The first-order valence-electron chi connectivity index (χ1n) is 8.77. The van der Waals surface area contributed by atoms with Crippen molar-refractivity contribution in [3.05, 3.63) is 35.9 Å². The van der Waals surface area contributed by atoms with Crippen LogP contribution in [0.15, 0.2) is 35.5 Å². The van der Waals surface area contributed by atoms with Crippen molar-refractivity contribution in [2.75, 3.05) is 26.2 Å². The first kappa shape index (κ1) is 17.0. The van der Waals surface area contributed by atoms with E-state index < -0.39 is 0 Å². The Hall–Kier alpha value is -1.88. The van der Waals surface area contributed by atoms with Crippen LogP contribution >= 0.6 is 0 Å². The maximum absolute atomic E-state index is 12.8. The second-order valence-corrected chi connectivity index (χ2v) is 7.55. The van der Waals surface area contributed by atoms with E-state index in [2.05, 4.69) is 30.8 Å². The zero-order chi connectivity index (χ0) is 17.2. The van der Waals surface area contributed by atoms with Crippen molar-refractivity contribution in [3.63, 3.8) is 0 Å². The first-order chi connectivity index (χ1) is 11.4. The number of hydrogen-bond donors (Lipinski definition) is 0. The molecule has 2 aliphatic heterocycles. The molecule has 5 heteroatoms. The lowest BCUT2D eigenvalue weighted by molar-refractivity contribution is -0.124. The third-order valence-corrected chi connectivity index (χ3v) is 4.82. The van der Waals surface area contributed by atoms with Crippen LogP contribution in [-0.4, -0.2) is 53.1 Å². The van der Waals surface area contributed by atoms with E-state index in [0.717, 1.165) is 38.2 Å². The molecular weight excluding hydrogens is 302 g/mol. The Kier molecular flexibility index (Phi) is 4.90. The standard InChI is InChI=1S/C19H27N3O2/c1-19(2,3)22-11-7-10-21(12-13-22)18(23)16-14-17(24-20-16)15-8-5-4-6-9-15/h4-6,8-9,17H,7,10-14H2,1-3H3/t17-/m0/s1. The third kappa shape index (κ3) is 3.78. The molecule has 0 saturated carbocycles. The number of oxime groups is 1. The molecule has 24 heavy (non-hydrogen) atoms. The molecular formula is C19H27N3O2. The summed E-state index contributed by atoms with van der Waals surface area (Å²) in [6.07, 6.45) is 1.42. The molecule has 1 aromatic rings. The van der Waals surface area contributed by atoms with Gasteiger partial charge in [0.1, 0.15) is 5.71 Å². The van der Waals surface area contributed by atoms with E-state index in [9.17, 15) is 4.79 Å². The lowest BCUT2D eigenvalue weighted by Crippen LogP contribution is -2.44. The zero-order valence-corrected chi connectivity index (χ0v) is 14.9. The van der Waals surface area contributed by atoms with E-state index in [4.69, 9.17) is 4.84 Å². The van der Waals surface area contributed by atoms with E-state index in [1.807, 2.05) is 35.2 Å². The van der Waals surface area contributed by atoms with Crippen molar-refractivity contribution in [1.29, 1.82) is 0 Å². The monoisotopic (exact) mass is 329 g/mol. The minimum atomic E-state index is -0.136. The summed E-state index contributed by atoms with van der Waals surface area (Å²) in [6.45, 7) is 10.2. The van der Waals surface area contributed by atoms with Crippen LogP contribution < -0.4 is 0 Å². The molecule has 1 atom stereocenters. The van der Waals surface area contributed by atoms with Crippen LogP contribution in [0.2, 0.25) is 0 Å². The Morgan fingerprint density at radius 2 is 1.88 bits per heavy atom. The molecule has 0 aromatic heterocycles. The van der Waals surface area contributed by atoms with E-state index in [1.54, 1.807) is 0 Å². The Morgan fingerprint density at radius 1 is 1.12 bits per heavy atom. The molecule has 0 N–H and O–H groups in total. The van der Waals surface area contributed by atoms with Gasteiger partial charge < -0.3 is 9.74 Å². The molecule has 0 aliphatic carbocycles. The van der Waals surface area contributed by atoms with Crippen LogP contribution in [0.25, 0.3) is 0 Å². The maximum atomic E-state index is 12.8. The molecule has 1 amide bonds. The van der Waals surface area contributed by atoms with Gasteiger partial charge in [-0.25, -0.2) is 0 Å². The molecule has 5 nitrogen and oxygen atoms in total. The molecule has 1 saturated heterocycles. The van der Waals surface area contributed by atoms with Crippen LogP contribution in [0.5, 0.6) is 0 Å². The van der Waals surface area contributed by atoms with Crippen LogP contribution in [0, 0.1) is 0 Å². The van der Waals surface area contributed by atoms with Gasteiger partial charge in [0.2, 0.25) is 0 Å². The van der Waals surface area contributed by atoms with Gasteiger partial charge in [-0.05, 0) is 32.8 Å². The predicted octanol–water partition coefficient (Wildman–Crippen LogP) is 2.84. The number of benzene rings is 1. The quantitative estimate of drug-likeness (QED) is 0.838. The second-order valence-electron chi connectivity index (χ2n) is 7.55. The minimum Gasteiger partial charge on any atom is -0.387 e. The third-order valence-electron chi connectivity index (χ3n) is 4.82. The van der Waals surface area contributed by atoms with Crippen molar-refractivity contribution < 1.29 is 9.63 Å². The number of carbonyl (C=O) groups is 1.